The van der Waals surface area contributed by atoms with Crippen molar-refractivity contribution in [1.29, 1.82) is 0 Å². The molecule has 3 N–H and O–H groups in total. The van der Waals surface area contributed by atoms with Crippen LogP contribution in [0.5, 0.6) is 17.2 Å². The Morgan fingerprint density at radius 3 is 2.25 bits per heavy atom. The van der Waals surface area contributed by atoms with E-state index in [1.165, 1.54) is 0 Å². The van der Waals surface area contributed by atoms with Gasteiger partial charge in [0.25, 0.3) is 0 Å². The van der Waals surface area contributed by atoms with E-state index in [2.05, 4.69) is 5.32 Å². The Labute approximate surface area is 120 Å². The van der Waals surface area contributed by atoms with Gasteiger partial charge in [0, 0.05) is 11.6 Å². The van der Waals surface area contributed by atoms with Crippen molar-refractivity contribution in [2.75, 3.05) is 34.4 Å². The van der Waals surface area contributed by atoms with E-state index in [9.17, 15) is 0 Å². The topological polar surface area (TPSA) is 65.7 Å². The zero-order valence-electron chi connectivity index (χ0n) is 12.4. The highest BCUT2D eigenvalue weighted by atomic mass is 16.5. The minimum atomic E-state index is -0.0492. The van der Waals surface area contributed by atoms with E-state index in [0.29, 0.717) is 23.2 Å². The van der Waals surface area contributed by atoms with Gasteiger partial charge in [-0.2, -0.15) is 0 Å². The summed E-state index contributed by atoms with van der Waals surface area (Å²) >= 11 is 0. The fourth-order valence-electron chi connectivity index (χ4n) is 2.84. The fraction of sp³-hybridized carbons (Fsp3) is 0.600. The number of rotatable bonds is 5. The molecule has 2 rings (SSSR count). The summed E-state index contributed by atoms with van der Waals surface area (Å²) in [5, 5.41) is 3.36. The molecule has 1 aromatic carbocycles. The Morgan fingerprint density at radius 1 is 1.05 bits per heavy atom. The molecule has 20 heavy (non-hydrogen) atoms. The molecule has 1 aliphatic rings. The van der Waals surface area contributed by atoms with E-state index in [0.717, 1.165) is 31.5 Å². The normalized spacial score (nSPS) is 17.6. The van der Waals surface area contributed by atoms with Crippen molar-refractivity contribution in [1.82, 2.24) is 5.32 Å². The van der Waals surface area contributed by atoms with Crippen LogP contribution in [0.3, 0.4) is 0 Å². The van der Waals surface area contributed by atoms with Crippen molar-refractivity contribution < 1.29 is 14.2 Å². The van der Waals surface area contributed by atoms with E-state index in [4.69, 9.17) is 19.9 Å². The SMILES string of the molecule is COc1ccc([C@H](N)C2CCNCC2)c(OC)c1OC. The first-order valence-electron chi connectivity index (χ1n) is 6.98. The second kappa shape index (κ2) is 6.81. The van der Waals surface area contributed by atoms with Gasteiger partial charge in [0.2, 0.25) is 5.75 Å². The second-order valence-corrected chi connectivity index (χ2v) is 5.04. The first-order valence-corrected chi connectivity index (χ1v) is 6.98. The van der Waals surface area contributed by atoms with E-state index < -0.39 is 0 Å². The van der Waals surface area contributed by atoms with Crippen LogP contribution in [0, 0.1) is 5.92 Å². The van der Waals surface area contributed by atoms with Crippen molar-refractivity contribution >= 4 is 0 Å². The number of methoxy groups -OCH3 is 3. The number of hydrogen-bond donors (Lipinski definition) is 2. The van der Waals surface area contributed by atoms with Crippen molar-refractivity contribution in [3.63, 3.8) is 0 Å². The van der Waals surface area contributed by atoms with Crippen molar-refractivity contribution in [3.05, 3.63) is 17.7 Å². The molecule has 1 fully saturated rings. The molecule has 0 unspecified atom stereocenters. The van der Waals surface area contributed by atoms with Crippen LogP contribution in [0.15, 0.2) is 12.1 Å². The molecule has 1 aliphatic heterocycles. The van der Waals surface area contributed by atoms with Crippen molar-refractivity contribution in [2.45, 2.75) is 18.9 Å². The Hall–Kier alpha value is -1.46. The summed E-state index contributed by atoms with van der Waals surface area (Å²) in [6, 6.07) is 3.82. The van der Waals surface area contributed by atoms with Gasteiger partial charge in [0.15, 0.2) is 11.5 Å². The Bertz CT molecular complexity index is 445. The third kappa shape index (κ3) is 2.83. The highest BCUT2D eigenvalue weighted by Crippen LogP contribution is 2.43. The largest absolute Gasteiger partial charge is 0.493 e. The molecule has 0 spiro atoms. The van der Waals surface area contributed by atoms with Crippen LogP contribution in [0.25, 0.3) is 0 Å². The molecule has 0 amide bonds. The predicted molar refractivity (Wildman–Crippen MR) is 78.6 cm³/mol. The molecular weight excluding hydrogens is 256 g/mol. The van der Waals surface area contributed by atoms with Gasteiger partial charge in [0.05, 0.1) is 21.3 Å². The molecule has 0 bridgehead atoms. The molecular formula is C15H24N2O3. The monoisotopic (exact) mass is 280 g/mol. The van der Waals surface area contributed by atoms with Gasteiger partial charge < -0.3 is 25.3 Å². The smallest absolute Gasteiger partial charge is 0.203 e. The summed E-state index contributed by atoms with van der Waals surface area (Å²) in [5.74, 6) is 2.41. The molecule has 112 valence electrons. The lowest BCUT2D eigenvalue weighted by Crippen LogP contribution is -2.34. The van der Waals surface area contributed by atoms with E-state index in [1.54, 1.807) is 21.3 Å². The summed E-state index contributed by atoms with van der Waals surface area (Å²) in [5.41, 5.74) is 7.44. The zero-order valence-corrected chi connectivity index (χ0v) is 12.4. The zero-order chi connectivity index (χ0) is 14.5. The molecule has 0 saturated carbocycles. The van der Waals surface area contributed by atoms with Crippen LogP contribution in [0.1, 0.15) is 24.4 Å². The van der Waals surface area contributed by atoms with Crippen LogP contribution in [0.2, 0.25) is 0 Å². The first kappa shape index (κ1) is 14.9. The molecule has 0 radical (unpaired) electrons. The van der Waals surface area contributed by atoms with Crippen molar-refractivity contribution in [2.24, 2.45) is 11.7 Å². The first-order chi connectivity index (χ1) is 9.72. The average Bonchev–Trinajstić information content (AvgIpc) is 2.53. The third-order valence-electron chi connectivity index (χ3n) is 3.99. The lowest BCUT2D eigenvalue weighted by atomic mass is 9.86. The van der Waals surface area contributed by atoms with Gasteiger partial charge in [-0.1, -0.05) is 0 Å². The second-order valence-electron chi connectivity index (χ2n) is 5.04. The Balaban J connectivity index is 2.34. The molecule has 1 saturated heterocycles. The molecule has 0 aliphatic carbocycles. The van der Waals surface area contributed by atoms with Crippen LogP contribution in [-0.4, -0.2) is 34.4 Å². The fourth-order valence-corrected chi connectivity index (χ4v) is 2.84. The number of benzene rings is 1. The molecule has 5 heteroatoms. The van der Waals surface area contributed by atoms with Gasteiger partial charge in [-0.3, -0.25) is 0 Å². The number of nitrogens with one attached hydrogen (secondary N) is 1. The highest BCUT2D eigenvalue weighted by molar-refractivity contribution is 5.56. The molecule has 1 heterocycles. The summed E-state index contributed by atoms with van der Waals surface area (Å²) in [6.45, 7) is 2.04. The highest BCUT2D eigenvalue weighted by Gasteiger charge is 2.26. The average molecular weight is 280 g/mol. The Kier molecular flexibility index (Phi) is 5.09. The summed E-state index contributed by atoms with van der Waals surface area (Å²) in [4.78, 5) is 0. The van der Waals surface area contributed by atoms with Crippen LogP contribution >= 0.6 is 0 Å². The summed E-state index contributed by atoms with van der Waals surface area (Å²) < 4.78 is 16.2. The molecule has 5 nitrogen and oxygen atoms in total. The number of ether oxygens (including phenoxy) is 3. The maximum Gasteiger partial charge on any atom is 0.203 e. The van der Waals surface area contributed by atoms with Crippen LogP contribution in [0.4, 0.5) is 0 Å². The van der Waals surface area contributed by atoms with E-state index >= 15 is 0 Å². The molecule has 0 aromatic heterocycles. The van der Waals surface area contributed by atoms with E-state index in [-0.39, 0.29) is 6.04 Å². The standard InChI is InChI=1S/C15H24N2O3/c1-18-12-5-4-11(14(19-2)15(12)20-3)13(16)10-6-8-17-9-7-10/h4-5,10,13,17H,6-9,16H2,1-3H3/t13-/m1/s1. The number of nitrogens with two attached hydrogens (primary N) is 1. The summed E-state index contributed by atoms with van der Waals surface area (Å²) in [7, 11) is 4.86. The van der Waals surface area contributed by atoms with Gasteiger partial charge in [-0.05, 0) is 44.0 Å². The Morgan fingerprint density at radius 2 is 1.70 bits per heavy atom. The van der Waals surface area contributed by atoms with Gasteiger partial charge in [-0.25, -0.2) is 0 Å². The third-order valence-corrected chi connectivity index (χ3v) is 3.99. The minimum Gasteiger partial charge on any atom is -0.493 e. The maximum absolute atomic E-state index is 6.46. The number of piperidine rings is 1. The number of hydrogen-bond acceptors (Lipinski definition) is 5. The van der Waals surface area contributed by atoms with Crippen LogP contribution < -0.4 is 25.3 Å². The maximum atomic E-state index is 6.46. The van der Waals surface area contributed by atoms with Gasteiger partial charge in [-0.15, -0.1) is 0 Å². The molecule has 1 aromatic rings. The molecule has 1 atom stereocenters. The van der Waals surface area contributed by atoms with Gasteiger partial charge in [0.1, 0.15) is 0 Å². The minimum absolute atomic E-state index is 0.0492. The van der Waals surface area contributed by atoms with E-state index in [1.807, 2.05) is 12.1 Å². The van der Waals surface area contributed by atoms with Crippen molar-refractivity contribution in [3.8, 4) is 17.2 Å². The van der Waals surface area contributed by atoms with Crippen LogP contribution in [-0.2, 0) is 0 Å². The predicted octanol–water partition coefficient (Wildman–Crippen LogP) is 1.71. The lowest BCUT2D eigenvalue weighted by molar-refractivity contribution is 0.299. The summed E-state index contributed by atoms with van der Waals surface area (Å²) in [6.07, 6.45) is 2.16. The lowest BCUT2D eigenvalue weighted by Gasteiger charge is -2.29. The quantitative estimate of drug-likeness (QED) is 0.859. The van der Waals surface area contributed by atoms with Gasteiger partial charge >= 0.3 is 0 Å².